The fraction of sp³-hybridized carbons (Fsp3) is 0.500. The summed E-state index contributed by atoms with van der Waals surface area (Å²) in [6.45, 7) is 5.33. The third-order valence-electron chi connectivity index (χ3n) is 3.14. The molecule has 114 valence electrons. The van der Waals surface area contributed by atoms with E-state index in [0.29, 0.717) is 18.2 Å². The Hall–Kier alpha value is -2.31. The molecule has 3 N–H and O–H groups in total. The van der Waals surface area contributed by atoms with Crippen molar-refractivity contribution in [3.05, 3.63) is 23.7 Å². The number of aryl methyl sites for hydroxylation is 2. The first-order valence-corrected chi connectivity index (χ1v) is 7.09. The van der Waals surface area contributed by atoms with Crippen LogP contribution in [0.1, 0.15) is 31.2 Å². The molecule has 0 aromatic carbocycles. The van der Waals surface area contributed by atoms with Crippen molar-refractivity contribution in [3.8, 4) is 5.75 Å². The van der Waals surface area contributed by atoms with Crippen LogP contribution in [0.15, 0.2) is 12.3 Å². The van der Waals surface area contributed by atoms with Gasteiger partial charge in [-0.15, -0.1) is 0 Å². The van der Waals surface area contributed by atoms with Crippen LogP contribution in [-0.2, 0) is 13.7 Å². The largest absolute Gasteiger partial charge is 0.482 e. The van der Waals surface area contributed by atoms with Crippen molar-refractivity contribution in [1.82, 2.24) is 19.7 Å². The molecule has 7 nitrogen and oxygen atoms in total. The Kier molecular flexibility index (Phi) is 4.97. The predicted molar refractivity (Wildman–Crippen MR) is 82.1 cm³/mol. The maximum Gasteiger partial charge on any atom is 0.222 e. The minimum Gasteiger partial charge on any atom is -0.482 e. The Labute approximate surface area is 124 Å². The molecule has 7 heteroatoms. The number of aromatic nitrogens is 4. The van der Waals surface area contributed by atoms with Crippen LogP contribution >= 0.6 is 0 Å². The lowest BCUT2D eigenvalue weighted by atomic mass is 10.3. The number of ether oxygens (including phenoxy) is 1. The van der Waals surface area contributed by atoms with Crippen LogP contribution in [0.3, 0.4) is 0 Å². The minimum absolute atomic E-state index is 0.232. The Morgan fingerprint density at radius 1 is 1.43 bits per heavy atom. The van der Waals surface area contributed by atoms with E-state index in [4.69, 9.17) is 10.5 Å². The summed E-state index contributed by atoms with van der Waals surface area (Å²) in [6, 6.07) is 1.99. The maximum absolute atomic E-state index is 5.76. The van der Waals surface area contributed by atoms with Crippen molar-refractivity contribution in [1.29, 1.82) is 0 Å². The number of rotatable bonds is 7. The van der Waals surface area contributed by atoms with Gasteiger partial charge in [-0.3, -0.25) is 4.68 Å². The lowest BCUT2D eigenvalue weighted by Crippen LogP contribution is -2.08. The number of unbranched alkanes of at least 4 members (excludes halogenated alkanes) is 1. The molecule has 2 heterocycles. The molecule has 0 saturated carbocycles. The zero-order valence-electron chi connectivity index (χ0n) is 12.8. The molecule has 0 spiro atoms. The van der Waals surface area contributed by atoms with E-state index in [1.165, 1.54) is 0 Å². The summed E-state index contributed by atoms with van der Waals surface area (Å²) >= 11 is 0. The lowest BCUT2D eigenvalue weighted by molar-refractivity contribution is 0.299. The first-order chi connectivity index (χ1) is 10.1. The number of nitrogen functional groups attached to an aromatic ring is 1. The smallest absolute Gasteiger partial charge is 0.222 e. The van der Waals surface area contributed by atoms with Gasteiger partial charge in [0.2, 0.25) is 5.95 Å². The SMILES string of the molecule is CCCCNc1nc(N)ncc1OCc1cc(C)n(C)n1. The highest BCUT2D eigenvalue weighted by molar-refractivity contribution is 5.51. The molecular formula is C14H22N6O. The van der Waals surface area contributed by atoms with Gasteiger partial charge in [-0.2, -0.15) is 10.1 Å². The van der Waals surface area contributed by atoms with Crippen molar-refractivity contribution in [2.24, 2.45) is 7.05 Å². The van der Waals surface area contributed by atoms with E-state index in [1.807, 2.05) is 24.7 Å². The molecule has 0 saturated heterocycles. The minimum atomic E-state index is 0.232. The molecule has 0 fully saturated rings. The van der Waals surface area contributed by atoms with Crippen molar-refractivity contribution in [3.63, 3.8) is 0 Å². The molecule has 0 amide bonds. The zero-order chi connectivity index (χ0) is 15.2. The van der Waals surface area contributed by atoms with Gasteiger partial charge in [0.05, 0.1) is 6.20 Å². The summed E-state index contributed by atoms with van der Waals surface area (Å²) < 4.78 is 7.58. The van der Waals surface area contributed by atoms with E-state index in [9.17, 15) is 0 Å². The Morgan fingerprint density at radius 3 is 2.90 bits per heavy atom. The van der Waals surface area contributed by atoms with Gasteiger partial charge in [0, 0.05) is 19.3 Å². The average molecular weight is 290 g/mol. The second-order valence-electron chi connectivity index (χ2n) is 4.91. The van der Waals surface area contributed by atoms with E-state index in [2.05, 4.69) is 27.3 Å². The van der Waals surface area contributed by atoms with Gasteiger partial charge < -0.3 is 15.8 Å². The molecule has 0 aliphatic heterocycles. The van der Waals surface area contributed by atoms with Crippen LogP contribution in [0.2, 0.25) is 0 Å². The maximum atomic E-state index is 5.76. The second-order valence-corrected chi connectivity index (χ2v) is 4.91. The van der Waals surface area contributed by atoms with Crippen molar-refractivity contribution < 1.29 is 4.74 Å². The molecular weight excluding hydrogens is 268 g/mol. The topological polar surface area (TPSA) is 90.9 Å². The van der Waals surface area contributed by atoms with Crippen LogP contribution < -0.4 is 15.8 Å². The van der Waals surface area contributed by atoms with Gasteiger partial charge in [-0.05, 0) is 19.4 Å². The van der Waals surface area contributed by atoms with Gasteiger partial charge in [-0.1, -0.05) is 13.3 Å². The van der Waals surface area contributed by atoms with Crippen molar-refractivity contribution in [2.45, 2.75) is 33.3 Å². The summed E-state index contributed by atoms with van der Waals surface area (Å²) in [4.78, 5) is 8.16. The van der Waals surface area contributed by atoms with Gasteiger partial charge in [-0.25, -0.2) is 4.98 Å². The molecule has 2 aromatic rings. The van der Waals surface area contributed by atoms with E-state index < -0.39 is 0 Å². The summed E-state index contributed by atoms with van der Waals surface area (Å²) in [7, 11) is 1.91. The van der Waals surface area contributed by atoms with Gasteiger partial charge in [0.25, 0.3) is 0 Å². The molecule has 0 aliphatic rings. The molecule has 2 rings (SSSR count). The van der Waals surface area contributed by atoms with Crippen LogP contribution in [0.5, 0.6) is 5.75 Å². The molecule has 0 bridgehead atoms. The number of anilines is 2. The summed E-state index contributed by atoms with van der Waals surface area (Å²) in [5.41, 5.74) is 7.58. The Bertz CT molecular complexity index is 576. The molecule has 21 heavy (non-hydrogen) atoms. The average Bonchev–Trinajstić information content (AvgIpc) is 2.77. The number of nitrogens with one attached hydrogen (secondary N) is 1. The fourth-order valence-corrected chi connectivity index (χ4v) is 1.86. The number of hydrogen-bond acceptors (Lipinski definition) is 6. The molecule has 0 radical (unpaired) electrons. The quantitative estimate of drug-likeness (QED) is 0.757. The third kappa shape index (κ3) is 4.08. The first kappa shape index (κ1) is 15.1. The van der Waals surface area contributed by atoms with Crippen LogP contribution in [0, 0.1) is 6.92 Å². The second kappa shape index (κ2) is 6.92. The molecule has 2 aromatic heterocycles. The van der Waals surface area contributed by atoms with Crippen LogP contribution in [0.4, 0.5) is 11.8 Å². The van der Waals surface area contributed by atoms with Crippen molar-refractivity contribution in [2.75, 3.05) is 17.6 Å². The number of nitrogens with zero attached hydrogens (tertiary/aromatic N) is 4. The normalized spacial score (nSPS) is 10.6. The fourth-order valence-electron chi connectivity index (χ4n) is 1.86. The predicted octanol–water partition coefficient (Wildman–Crippen LogP) is 1.89. The van der Waals surface area contributed by atoms with Crippen LogP contribution in [0.25, 0.3) is 0 Å². The summed E-state index contributed by atoms with van der Waals surface area (Å²) in [5.74, 6) is 1.45. The molecule has 0 unspecified atom stereocenters. The van der Waals surface area contributed by atoms with Crippen molar-refractivity contribution >= 4 is 11.8 Å². The highest BCUT2D eigenvalue weighted by Crippen LogP contribution is 2.22. The van der Waals surface area contributed by atoms with E-state index >= 15 is 0 Å². The van der Waals surface area contributed by atoms with E-state index in [0.717, 1.165) is 30.8 Å². The number of hydrogen-bond donors (Lipinski definition) is 2. The molecule has 0 atom stereocenters. The third-order valence-corrected chi connectivity index (χ3v) is 3.14. The Morgan fingerprint density at radius 2 is 2.24 bits per heavy atom. The standard InChI is InChI=1S/C14H22N6O/c1-4-5-6-16-13-12(8-17-14(15)18-13)21-9-11-7-10(2)20(3)19-11/h7-8H,4-6,9H2,1-3H3,(H3,15,16,17,18). The van der Waals surface area contributed by atoms with Gasteiger partial charge in [0.1, 0.15) is 12.3 Å². The molecule has 0 aliphatic carbocycles. The monoisotopic (exact) mass is 290 g/mol. The Balaban J connectivity index is 2.04. The van der Waals surface area contributed by atoms with Crippen LogP contribution in [-0.4, -0.2) is 26.3 Å². The van der Waals surface area contributed by atoms with Gasteiger partial charge >= 0.3 is 0 Å². The lowest BCUT2D eigenvalue weighted by Gasteiger charge is -2.11. The van der Waals surface area contributed by atoms with Gasteiger partial charge in [0.15, 0.2) is 11.6 Å². The van der Waals surface area contributed by atoms with E-state index in [1.54, 1.807) is 6.20 Å². The highest BCUT2D eigenvalue weighted by Gasteiger charge is 2.09. The highest BCUT2D eigenvalue weighted by atomic mass is 16.5. The van der Waals surface area contributed by atoms with E-state index in [-0.39, 0.29) is 5.95 Å². The number of nitrogens with two attached hydrogens (primary N) is 1. The zero-order valence-corrected chi connectivity index (χ0v) is 12.8. The summed E-state index contributed by atoms with van der Waals surface area (Å²) in [6.07, 6.45) is 3.76. The first-order valence-electron chi connectivity index (χ1n) is 7.09. The summed E-state index contributed by atoms with van der Waals surface area (Å²) in [5, 5.41) is 7.58.